The average Bonchev–Trinajstić information content (AvgIpc) is 2.70. The number of hydrogen-bond acceptors (Lipinski definition) is 4. The van der Waals surface area contributed by atoms with Crippen molar-refractivity contribution < 1.29 is 19.1 Å². The van der Waals surface area contributed by atoms with E-state index in [4.69, 9.17) is 9.47 Å². The van der Waals surface area contributed by atoms with Crippen molar-refractivity contribution in [2.24, 2.45) is 0 Å². The lowest BCUT2D eigenvalue weighted by Gasteiger charge is -2.09. The summed E-state index contributed by atoms with van der Waals surface area (Å²) in [6, 6.07) is 22.2. The maximum atomic E-state index is 12.4. The second-order valence-corrected chi connectivity index (χ2v) is 6.23. The zero-order valence-corrected chi connectivity index (χ0v) is 15.3. The fraction of sp³-hybridized carbons (Fsp3) is 0.130. The zero-order valence-electron chi connectivity index (χ0n) is 15.3. The molecule has 136 valence electrons. The molecule has 0 aromatic heterocycles. The topological polar surface area (TPSA) is 52.6 Å². The van der Waals surface area contributed by atoms with Crippen molar-refractivity contribution in [3.63, 3.8) is 0 Å². The van der Waals surface area contributed by atoms with Crippen molar-refractivity contribution in [1.82, 2.24) is 0 Å². The summed E-state index contributed by atoms with van der Waals surface area (Å²) in [6.07, 6.45) is 0.805. The van der Waals surface area contributed by atoms with Gasteiger partial charge in [0.05, 0.1) is 18.2 Å². The third kappa shape index (κ3) is 4.61. The van der Waals surface area contributed by atoms with Crippen LogP contribution in [0.1, 0.15) is 37.4 Å². The molecule has 0 heterocycles. The molecule has 27 heavy (non-hydrogen) atoms. The molecule has 0 N–H and O–H groups in total. The van der Waals surface area contributed by atoms with Crippen LogP contribution < -0.4 is 4.74 Å². The molecule has 4 heteroatoms. The van der Waals surface area contributed by atoms with Crippen LogP contribution in [0.5, 0.6) is 5.75 Å². The van der Waals surface area contributed by atoms with E-state index in [1.165, 1.54) is 24.3 Å². The molecular weight excluding hydrogens is 340 g/mol. The third-order valence-electron chi connectivity index (χ3n) is 4.22. The smallest absolute Gasteiger partial charge is 0.344 e. The predicted molar refractivity (Wildman–Crippen MR) is 103 cm³/mol. The molecular formula is C23H20O4. The average molecular weight is 360 g/mol. The Bertz CT molecular complexity index is 941. The number of hydrogen-bond donors (Lipinski definition) is 0. The first kappa shape index (κ1) is 18.4. The monoisotopic (exact) mass is 360 g/mol. The molecule has 4 nitrogen and oxygen atoms in total. The van der Waals surface area contributed by atoms with E-state index < -0.39 is 11.9 Å². The predicted octanol–water partition coefficient (Wildman–Crippen LogP) is 4.59. The Balaban J connectivity index is 1.70. The van der Waals surface area contributed by atoms with Crippen LogP contribution in [0.4, 0.5) is 0 Å². The maximum Gasteiger partial charge on any atom is 0.344 e. The van der Waals surface area contributed by atoms with E-state index in [-0.39, 0.29) is 11.1 Å². The number of carbonyl (C=O) groups excluding carboxylic acids is 2. The SMILES string of the molecule is COC(=O)c1ccccc1C(=O)Oc1ccc(Cc2ccc(C)cc2)cc1. The van der Waals surface area contributed by atoms with Crippen LogP contribution in [-0.4, -0.2) is 19.0 Å². The molecule has 0 unspecified atom stereocenters. The largest absolute Gasteiger partial charge is 0.465 e. The second-order valence-electron chi connectivity index (χ2n) is 6.23. The van der Waals surface area contributed by atoms with E-state index in [0.29, 0.717) is 5.75 Å². The summed E-state index contributed by atoms with van der Waals surface area (Å²) < 4.78 is 10.1. The van der Waals surface area contributed by atoms with Crippen molar-refractivity contribution >= 4 is 11.9 Å². The van der Waals surface area contributed by atoms with Gasteiger partial charge in [0.15, 0.2) is 0 Å². The molecule has 3 rings (SSSR count). The standard InChI is InChI=1S/C23H20O4/c1-16-7-9-17(10-8-16)15-18-11-13-19(14-12-18)27-23(25)21-6-4-3-5-20(21)22(24)26-2/h3-14H,15H2,1-2H3. The molecule has 3 aromatic carbocycles. The van der Waals surface area contributed by atoms with Gasteiger partial charge in [-0.3, -0.25) is 0 Å². The van der Waals surface area contributed by atoms with E-state index >= 15 is 0 Å². The Kier molecular flexibility index (Phi) is 5.67. The first-order valence-electron chi connectivity index (χ1n) is 8.61. The minimum Gasteiger partial charge on any atom is -0.465 e. The van der Waals surface area contributed by atoms with E-state index in [1.807, 2.05) is 12.1 Å². The molecule has 0 bridgehead atoms. The molecule has 0 aliphatic carbocycles. The lowest BCUT2D eigenvalue weighted by molar-refractivity contribution is 0.0587. The van der Waals surface area contributed by atoms with Crippen LogP contribution in [0.25, 0.3) is 0 Å². The number of ether oxygens (including phenoxy) is 2. The van der Waals surface area contributed by atoms with Gasteiger partial charge >= 0.3 is 11.9 Å². The van der Waals surface area contributed by atoms with E-state index in [2.05, 4.69) is 31.2 Å². The van der Waals surface area contributed by atoms with E-state index in [9.17, 15) is 9.59 Å². The maximum absolute atomic E-state index is 12.4. The Hall–Kier alpha value is -3.40. The summed E-state index contributed by atoms with van der Waals surface area (Å²) >= 11 is 0. The Morgan fingerprint density at radius 1 is 0.741 bits per heavy atom. The Labute approximate surface area is 158 Å². The van der Waals surface area contributed by atoms with Crippen LogP contribution in [0.2, 0.25) is 0 Å². The van der Waals surface area contributed by atoms with Crippen LogP contribution in [0, 0.1) is 6.92 Å². The minimum absolute atomic E-state index is 0.174. The zero-order chi connectivity index (χ0) is 19.2. The Morgan fingerprint density at radius 2 is 1.26 bits per heavy atom. The highest BCUT2D eigenvalue weighted by Gasteiger charge is 2.18. The van der Waals surface area contributed by atoms with Crippen molar-refractivity contribution in [2.75, 3.05) is 7.11 Å². The summed E-state index contributed by atoms with van der Waals surface area (Å²) in [5.41, 5.74) is 3.92. The van der Waals surface area contributed by atoms with Crippen LogP contribution in [0.15, 0.2) is 72.8 Å². The van der Waals surface area contributed by atoms with Crippen LogP contribution in [-0.2, 0) is 11.2 Å². The van der Waals surface area contributed by atoms with Crippen molar-refractivity contribution in [3.8, 4) is 5.75 Å². The number of benzene rings is 3. The molecule has 0 atom stereocenters. The highest BCUT2D eigenvalue weighted by atomic mass is 16.5. The van der Waals surface area contributed by atoms with Gasteiger partial charge in [0, 0.05) is 0 Å². The van der Waals surface area contributed by atoms with Gasteiger partial charge in [-0.15, -0.1) is 0 Å². The molecule has 0 aliphatic rings. The first-order valence-corrected chi connectivity index (χ1v) is 8.61. The summed E-state index contributed by atoms with van der Waals surface area (Å²) in [5.74, 6) is -0.745. The van der Waals surface area contributed by atoms with Gasteiger partial charge in [-0.05, 0) is 48.7 Å². The number of carbonyl (C=O) groups is 2. The van der Waals surface area contributed by atoms with Crippen molar-refractivity contribution in [3.05, 3.63) is 101 Å². The second kappa shape index (κ2) is 8.32. The Morgan fingerprint density at radius 3 is 1.81 bits per heavy atom. The molecule has 0 spiro atoms. The summed E-state index contributed by atoms with van der Waals surface area (Å²) in [5, 5.41) is 0. The summed E-state index contributed by atoms with van der Waals surface area (Å²) in [4.78, 5) is 24.2. The van der Waals surface area contributed by atoms with Gasteiger partial charge in [-0.1, -0.05) is 54.1 Å². The van der Waals surface area contributed by atoms with Gasteiger partial charge in [-0.25, -0.2) is 9.59 Å². The number of aryl methyl sites for hydroxylation is 1. The number of esters is 2. The molecule has 0 aliphatic heterocycles. The van der Waals surface area contributed by atoms with Crippen molar-refractivity contribution in [2.45, 2.75) is 13.3 Å². The molecule has 0 amide bonds. The van der Waals surface area contributed by atoms with Crippen LogP contribution in [0.3, 0.4) is 0 Å². The normalized spacial score (nSPS) is 10.3. The van der Waals surface area contributed by atoms with Gasteiger partial charge in [0.2, 0.25) is 0 Å². The highest BCUT2D eigenvalue weighted by molar-refractivity contribution is 6.03. The quantitative estimate of drug-likeness (QED) is 0.493. The molecule has 0 saturated heterocycles. The minimum atomic E-state index is -0.595. The highest BCUT2D eigenvalue weighted by Crippen LogP contribution is 2.18. The number of methoxy groups -OCH3 is 1. The van der Waals surface area contributed by atoms with Gasteiger partial charge in [-0.2, -0.15) is 0 Å². The van der Waals surface area contributed by atoms with Gasteiger partial charge in [0.1, 0.15) is 5.75 Å². The lowest BCUT2D eigenvalue weighted by Crippen LogP contribution is -2.15. The molecule has 3 aromatic rings. The van der Waals surface area contributed by atoms with Crippen LogP contribution >= 0.6 is 0 Å². The number of rotatable bonds is 5. The fourth-order valence-electron chi connectivity index (χ4n) is 2.73. The van der Waals surface area contributed by atoms with Gasteiger partial charge in [0.25, 0.3) is 0 Å². The summed E-state index contributed by atoms with van der Waals surface area (Å²) in [6.45, 7) is 2.06. The van der Waals surface area contributed by atoms with Gasteiger partial charge < -0.3 is 9.47 Å². The van der Waals surface area contributed by atoms with Crippen molar-refractivity contribution in [1.29, 1.82) is 0 Å². The molecule has 0 radical (unpaired) electrons. The summed E-state index contributed by atoms with van der Waals surface area (Å²) in [7, 11) is 1.28. The fourth-order valence-corrected chi connectivity index (χ4v) is 2.73. The first-order chi connectivity index (χ1) is 13.1. The van der Waals surface area contributed by atoms with E-state index in [0.717, 1.165) is 12.0 Å². The molecule has 0 saturated carbocycles. The van der Waals surface area contributed by atoms with E-state index in [1.54, 1.807) is 30.3 Å². The third-order valence-corrected chi connectivity index (χ3v) is 4.22. The lowest BCUT2D eigenvalue weighted by atomic mass is 10.0. The molecule has 0 fully saturated rings.